The number of alkyl halides is 3. The first-order valence-electron chi connectivity index (χ1n) is 9.45. The summed E-state index contributed by atoms with van der Waals surface area (Å²) in [6, 6.07) is 0.158. The summed E-state index contributed by atoms with van der Waals surface area (Å²) in [5.41, 5.74) is 0.406. The number of hydrogen-bond donors (Lipinski definition) is 2. The van der Waals surface area contributed by atoms with Crippen molar-refractivity contribution in [1.82, 2.24) is 24.6 Å². The van der Waals surface area contributed by atoms with E-state index in [0.29, 0.717) is 31.0 Å². The molecular weight excluding hydrogens is 387 g/mol. The molecule has 1 aliphatic rings. The fraction of sp³-hybridized carbons (Fsp3) is 0.556. The number of likely N-dealkylation sites (tertiary alicyclic amines) is 1. The van der Waals surface area contributed by atoms with Crippen molar-refractivity contribution in [3.8, 4) is 0 Å². The summed E-state index contributed by atoms with van der Waals surface area (Å²) >= 11 is 0. The maximum atomic E-state index is 13.1. The molecule has 3 heterocycles. The van der Waals surface area contributed by atoms with E-state index in [9.17, 15) is 18.0 Å². The average Bonchev–Trinajstić information content (AvgIpc) is 3.02. The second-order valence-corrected chi connectivity index (χ2v) is 6.95. The number of halogens is 3. The first kappa shape index (κ1) is 20.9. The summed E-state index contributed by atoms with van der Waals surface area (Å²) in [7, 11) is 0. The molecule has 8 nitrogen and oxygen atoms in total. The Labute approximate surface area is 166 Å². The van der Waals surface area contributed by atoms with Crippen molar-refractivity contribution in [3.63, 3.8) is 0 Å². The molecule has 3 rings (SSSR count). The van der Waals surface area contributed by atoms with Crippen molar-refractivity contribution >= 4 is 23.4 Å². The Morgan fingerprint density at radius 1 is 1.31 bits per heavy atom. The summed E-state index contributed by atoms with van der Waals surface area (Å²) < 4.78 is 41.1. The fourth-order valence-electron chi connectivity index (χ4n) is 3.31. The van der Waals surface area contributed by atoms with Crippen molar-refractivity contribution in [3.05, 3.63) is 23.7 Å². The molecule has 1 fully saturated rings. The van der Waals surface area contributed by atoms with Gasteiger partial charge in [-0.05, 0) is 26.7 Å². The lowest BCUT2D eigenvalue weighted by Crippen LogP contribution is -2.37. The largest absolute Gasteiger partial charge is 0.421 e. The van der Waals surface area contributed by atoms with Crippen LogP contribution in [0.2, 0.25) is 0 Å². The number of aryl methyl sites for hydroxylation is 1. The Balaban J connectivity index is 1.76. The normalized spacial score (nSPS) is 15.4. The number of rotatable bonds is 5. The molecule has 1 amide bonds. The summed E-state index contributed by atoms with van der Waals surface area (Å²) in [5.74, 6) is -0.138. The van der Waals surface area contributed by atoms with Gasteiger partial charge in [-0.2, -0.15) is 23.3 Å². The topological polar surface area (TPSA) is 88.0 Å². The minimum Gasteiger partial charge on any atom is -0.370 e. The second-order valence-electron chi connectivity index (χ2n) is 6.95. The van der Waals surface area contributed by atoms with Gasteiger partial charge in [-0.1, -0.05) is 0 Å². The average molecular weight is 411 g/mol. The number of nitrogens with zero attached hydrogens (tertiary/aromatic N) is 5. The predicted octanol–water partition coefficient (Wildman–Crippen LogP) is 3.36. The fourth-order valence-corrected chi connectivity index (χ4v) is 3.31. The number of nitrogens with one attached hydrogen (secondary N) is 2. The van der Waals surface area contributed by atoms with Crippen LogP contribution in [-0.4, -0.2) is 50.2 Å². The van der Waals surface area contributed by atoms with Crippen LogP contribution in [0.4, 0.5) is 30.6 Å². The maximum absolute atomic E-state index is 13.1. The van der Waals surface area contributed by atoms with Crippen molar-refractivity contribution in [2.24, 2.45) is 0 Å². The van der Waals surface area contributed by atoms with Gasteiger partial charge in [0.15, 0.2) is 0 Å². The van der Waals surface area contributed by atoms with Gasteiger partial charge >= 0.3 is 6.18 Å². The molecule has 0 atom stereocenters. The van der Waals surface area contributed by atoms with E-state index in [0.717, 1.165) is 19.0 Å². The molecule has 1 aliphatic heterocycles. The monoisotopic (exact) mass is 411 g/mol. The number of aromatic nitrogens is 4. The number of amides is 1. The zero-order valence-electron chi connectivity index (χ0n) is 16.5. The van der Waals surface area contributed by atoms with Gasteiger partial charge in [0, 0.05) is 39.0 Å². The summed E-state index contributed by atoms with van der Waals surface area (Å²) in [6.45, 7) is 6.72. The Kier molecular flexibility index (Phi) is 5.94. The third kappa shape index (κ3) is 4.77. The van der Waals surface area contributed by atoms with Gasteiger partial charge in [0.25, 0.3) is 0 Å². The molecule has 0 aliphatic carbocycles. The van der Waals surface area contributed by atoms with Gasteiger partial charge in [-0.25, -0.2) is 4.98 Å². The van der Waals surface area contributed by atoms with Gasteiger partial charge in [-0.15, -0.1) is 0 Å². The van der Waals surface area contributed by atoms with Crippen LogP contribution in [0.1, 0.15) is 44.0 Å². The summed E-state index contributed by atoms with van der Waals surface area (Å²) in [6.07, 6.45) is -0.378. The van der Waals surface area contributed by atoms with Crippen LogP contribution in [-0.2, 0) is 11.0 Å². The minimum absolute atomic E-state index is 0.0583. The van der Waals surface area contributed by atoms with Crippen molar-refractivity contribution in [2.45, 2.75) is 45.8 Å². The van der Waals surface area contributed by atoms with E-state index in [-0.39, 0.29) is 23.7 Å². The van der Waals surface area contributed by atoms with E-state index in [4.69, 9.17) is 0 Å². The van der Waals surface area contributed by atoms with Crippen LogP contribution < -0.4 is 10.6 Å². The van der Waals surface area contributed by atoms with E-state index in [1.807, 2.05) is 9.58 Å². The first-order valence-corrected chi connectivity index (χ1v) is 9.45. The summed E-state index contributed by atoms with van der Waals surface area (Å²) in [5, 5.41) is 10.1. The SMILES string of the molecule is CCNc1nc(Nc2cn(C3CCN(C(C)=O)CC3)nc2C)ncc1C(F)(F)F. The van der Waals surface area contributed by atoms with Crippen molar-refractivity contribution in [1.29, 1.82) is 0 Å². The Bertz CT molecular complexity index is 873. The Hall–Kier alpha value is -2.85. The molecule has 0 spiro atoms. The third-order valence-electron chi connectivity index (χ3n) is 4.89. The van der Waals surface area contributed by atoms with E-state index in [1.54, 1.807) is 27.0 Å². The highest BCUT2D eigenvalue weighted by molar-refractivity contribution is 5.73. The smallest absolute Gasteiger partial charge is 0.370 e. The molecule has 158 valence electrons. The number of anilines is 3. The lowest BCUT2D eigenvalue weighted by molar-refractivity contribution is -0.137. The van der Waals surface area contributed by atoms with Crippen LogP contribution in [0.5, 0.6) is 0 Å². The lowest BCUT2D eigenvalue weighted by atomic mass is 10.1. The number of hydrogen-bond acceptors (Lipinski definition) is 6. The molecule has 2 N–H and O–H groups in total. The first-order chi connectivity index (χ1) is 13.7. The van der Waals surface area contributed by atoms with Crippen LogP contribution >= 0.6 is 0 Å². The predicted molar refractivity (Wildman–Crippen MR) is 102 cm³/mol. The molecule has 0 aromatic carbocycles. The zero-order valence-corrected chi connectivity index (χ0v) is 16.5. The third-order valence-corrected chi connectivity index (χ3v) is 4.89. The van der Waals surface area contributed by atoms with E-state index < -0.39 is 11.7 Å². The molecule has 29 heavy (non-hydrogen) atoms. The van der Waals surface area contributed by atoms with Gasteiger partial charge < -0.3 is 15.5 Å². The molecular formula is C18H24F3N7O. The maximum Gasteiger partial charge on any atom is 0.421 e. The highest BCUT2D eigenvalue weighted by Gasteiger charge is 2.35. The van der Waals surface area contributed by atoms with Gasteiger partial charge in [0.1, 0.15) is 11.4 Å². The highest BCUT2D eigenvalue weighted by Crippen LogP contribution is 2.34. The highest BCUT2D eigenvalue weighted by atomic mass is 19.4. The minimum atomic E-state index is -4.54. The van der Waals surface area contributed by atoms with Gasteiger partial charge in [0.2, 0.25) is 11.9 Å². The standard InChI is InChI=1S/C18H24F3N7O/c1-4-22-16-14(18(19,20)21)9-23-17(25-16)24-15-10-28(26-11(15)2)13-5-7-27(8-6-13)12(3)29/h9-10,13H,4-8H2,1-3H3,(H2,22,23,24,25). The Morgan fingerprint density at radius 3 is 2.59 bits per heavy atom. The number of carbonyl (C=O) groups excluding carboxylic acids is 1. The van der Waals surface area contributed by atoms with Crippen LogP contribution in [0, 0.1) is 6.92 Å². The van der Waals surface area contributed by atoms with E-state index in [2.05, 4.69) is 25.7 Å². The van der Waals surface area contributed by atoms with Gasteiger partial charge in [0.05, 0.1) is 17.4 Å². The molecule has 2 aromatic heterocycles. The molecule has 11 heteroatoms. The van der Waals surface area contributed by atoms with E-state index in [1.165, 1.54) is 0 Å². The van der Waals surface area contributed by atoms with Gasteiger partial charge in [-0.3, -0.25) is 9.48 Å². The Morgan fingerprint density at radius 2 is 2.00 bits per heavy atom. The van der Waals surface area contributed by atoms with Crippen molar-refractivity contribution in [2.75, 3.05) is 30.3 Å². The zero-order chi connectivity index (χ0) is 21.2. The molecule has 2 aromatic rings. The van der Waals surface area contributed by atoms with Crippen LogP contribution in [0.25, 0.3) is 0 Å². The molecule has 0 saturated carbocycles. The summed E-state index contributed by atoms with van der Waals surface area (Å²) in [4.78, 5) is 21.1. The molecule has 1 saturated heterocycles. The second kappa shape index (κ2) is 8.26. The lowest BCUT2D eigenvalue weighted by Gasteiger charge is -2.31. The quantitative estimate of drug-likeness (QED) is 0.785. The number of piperidine rings is 1. The van der Waals surface area contributed by atoms with Crippen LogP contribution in [0.15, 0.2) is 12.4 Å². The van der Waals surface area contributed by atoms with E-state index >= 15 is 0 Å². The molecule has 0 unspecified atom stereocenters. The molecule has 0 radical (unpaired) electrons. The number of carbonyl (C=O) groups is 1. The van der Waals surface area contributed by atoms with Crippen molar-refractivity contribution < 1.29 is 18.0 Å². The molecule has 0 bridgehead atoms. The van der Waals surface area contributed by atoms with Crippen LogP contribution in [0.3, 0.4) is 0 Å².